The fourth-order valence-electron chi connectivity index (χ4n) is 0.985. The number of ether oxygens (including phenoxy) is 1. The van der Waals surface area contributed by atoms with Gasteiger partial charge in [-0.1, -0.05) is 0 Å². The lowest BCUT2D eigenvalue weighted by Crippen LogP contribution is -2.31. The Balaban J connectivity index is 2.64. The Morgan fingerprint density at radius 3 is 2.75 bits per heavy atom. The molecule has 0 aromatic heterocycles. The van der Waals surface area contributed by atoms with Crippen LogP contribution in [-0.4, -0.2) is 12.5 Å². The van der Waals surface area contributed by atoms with E-state index in [4.69, 9.17) is 10.6 Å². The molecular weight excluding hydrogens is 286 g/mol. The summed E-state index contributed by atoms with van der Waals surface area (Å²) in [6, 6.07) is 1.77. The van der Waals surface area contributed by atoms with Gasteiger partial charge in [-0.2, -0.15) is 0 Å². The summed E-state index contributed by atoms with van der Waals surface area (Å²) in [6.07, 6.45) is -0.0141. The zero-order valence-electron chi connectivity index (χ0n) is 8.10. The number of nitrogens with two attached hydrogens (primary N) is 1. The normalized spacial score (nSPS) is 10.0. The monoisotopic (exact) mass is 294 g/mol. The predicted molar refractivity (Wildman–Crippen MR) is 56.5 cm³/mol. The summed E-state index contributed by atoms with van der Waals surface area (Å²) >= 11 is 2.95. The van der Waals surface area contributed by atoms with Crippen LogP contribution in [0, 0.1) is 11.6 Å². The summed E-state index contributed by atoms with van der Waals surface area (Å²) in [6.45, 7) is -0.0514. The van der Waals surface area contributed by atoms with Gasteiger partial charge in [0.2, 0.25) is 5.91 Å². The number of benzene rings is 1. The van der Waals surface area contributed by atoms with Gasteiger partial charge in [-0.25, -0.2) is 14.6 Å². The smallest absolute Gasteiger partial charge is 0.237 e. The number of amides is 1. The molecule has 0 radical (unpaired) electrons. The van der Waals surface area contributed by atoms with E-state index in [1.165, 1.54) is 0 Å². The van der Waals surface area contributed by atoms with Gasteiger partial charge in [-0.05, 0) is 22.0 Å². The molecule has 1 rings (SSSR count). The fourth-order valence-corrected chi connectivity index (χ4v) is 1.51. The number of hydrazine groups is 1. The number of hydrogen-bond donors (Lipinski definition) is 2. The first-order valence-corrected chi connectivity index (χ1v) is 5.10. The van der Waals surface area contributed by atoms with Gasteiger partial charge in [0, 0.05) is 6.07 Å². The molecule has 0 spiro atoms. The van der Waals surface area contributed by atoms with Gasteiger partial charge in [0.1, 0.15) is 5.82 Å². The lowest BCUT2D eigenvalue weighted by atomic mass is 10.3. The van der Waals surface area contributed by atoms with Crippen molar-refractivity contribution >= 4 is 21.8 Å². The molecule has 3 N–H and O–H groups in total. The molecular formula is C9H9BrF2N2O2. The van der Waals surface area contributed by atoms with Crippen LogP contribution in [0.1, 0.15) is 6.42 Å². The van der Waals surface area contributed by atoms with E-state index in [0.29, 0.717) is 6.07 Å². The van der Waals surface area contributed by atoms with Gasteiger partial charge in [0.05, 0.1) is 17.5 Å². The summed E-state index contributed by atoms with van der Waals surface area (Å²) in [5.41, 5.74) is 1.91. The first-order chi connectivity index (χ1) is 7.54. The van der Waals surface area contributed by atoms with Crippen LogP contribution in [0.25, 0.3) is 0 Å². The van der Waals surface area contributed by atoms with Gasteiger partial charge < -0.3 is 4.74 Å². The summed E-state index contributed by atoms with van der Waals surface area (Å²) in [7, 11) is 0. The first kappa shape index (κ1) is 12.9. The molecule has 4 nitrogen and oxygen atoms in total. The summed E-state index contributed by atoms with van der Waals surface area (Å²) in [5.74, 6) is 2.73. The van der Waals surface area contributed by atoms with E-state index in [2.05, 4.69) is 15.9 Å². The third-order valence-corrected chi connectivity index (χ3v) is 2.29. The second kappa shape index (κ2) is 5.76. The molecule has 88 valence electrons. The van der Waals surface area contributed by atoms with Crippen molar-refractivity contribution in [2.45, 2.75) is 6.42 Å². The third-order valence-electron chi connectivity index (χ3n) is 1.70. The molecule has 16 heavy (non-hydrogen) atoms. The largest absolute Gasteiger partial charge is 0.489 e. The molecule has 0 bridgehead atoms. The quantitative estimate of drug-likeness (QED) is 0.502. The zero-order chi connectivity index (χ0) is 12.1. The van der Waals surface area contributed by atoms with Gasteiger partial charge >= 0.3 is 0 Å². The summed E-state index contributed by atoms with van der Waals surface area (Å²) < 4.78 is 31.0. The second-order valence-electron chi connectivity index (χ2n) is 2.86. The molecule has 0 aliphatic rings. The maximum atomic E-state index is 13.2. The molecule has 1 aromatic rings. The molecule has 0 saturated carbocycles. The molecule has 0 fully saturated rings. The minimum atomic E-state index is -0.833. The van der Waals surface area contributed by atoms with E-state index in [-0.39, 0.29) is 23.2 Å². The molecule has 0 saturated heterocycles. The first-order valence-electron chi connectivity index (χ1n) is 4.31. The number of halogens is 3. The minimum absolute atomic E-state index is 0.0141. The van der Waals surface area contributed by atoms with Crippen molar-refractivity contribution in [3.63, 3.8) is 0 Å². The summed E-state index contributed by atoms with van der Waals surface area (Å²) in [4.78, 5) is 10.7. The highest BCUT2D eigenvalue weighted by Gasteiger charge is 2.11. The Labute approximate surface area is 98.9 Å². The maximum Gasteiger partial charge on any atom is 0.237 e. The Morgan fingerprint density at radius 2 is 2.19 bits per heavy atom. The zero-order valence-corrected chi connectivity index (χ0v) is 9.68. The fraction of sp³-hybridized carbons (Fsp3) is 0.222. The van der Waals surface area contributed by atoms with Crippen molar-refractivity contribution in [3.8, 4) is 5.75 Å². The Hall–Kier alpha value is -1.21. The van der Waals surface area contributed by atoms with Crippen molar-refractivity contribution in [2.75, 3.05) is 6.61 Å². The highest BCUT2D eigenvalue weighted by Crippen LogP contribution is 2.29. The van der Waals surface area contributed by atoms with Crippen LogP contribution in [0.15, 0.2) is 16.6 Å². The Morgan fingerprint density at radius 1 is 1.50 bits per heavy atom. The van der Waals surface area contributed by atoms with Crippen LogP contribution in [0.2, 0.25) is 0 Å². The number of carbonyl (C=O) groups is 1. The standard InChI is InChI=1S/C9H9BrF2N2O2/c10-6-3-5(11)4-7(12)9(6)16-2-1-8(15)14-13/h3-4H,1-2,13H2,(H,14,15). The average molecular weight is 295 g/mol. The minimum Gasteiger partial charge on any atom is -0.489 e. The Bertz CT molecular complexity index is 378. The van der Waals surface area contributed by atoms with Crippen molar-refractivity contribution < 1.29 is 18.3 Å². The molecule has 1 aromatic carbocycles. The maximum absolute atomic E-state index is 13.2. The molecule has 0 atom stereocenters. The van der Waals surface area contributed by atoms with E-state index in [9.17, 15) is 13.6 Å². The van der Waals surface area contributed by atoms with E-state index < -0.39 is 17.5 Å². The van der Waals surface area contributed by atoms with Crippen LogP contribution in [0.4, 0.5) is 8.78 Å². The van der Waals surface area contributed by atoms with Gasteiger partial charge in [0.25, 0.3) is 0 Å². The average Bonchev–Trinajstić information content (AvgIpc) is 2.21. The van der Waals surface area contributed by atoms with Crippen LogP contribution < -0.4 is 16.0 Å². The van der Waals surface area contributed by atoms with Gasteiger partial charge in [-0.3, -0.25) is 10.2 Å². The van der Waals surface area contributed by atoms with E-state index >= 15 is 0 Å². The Kier molecular flexibility index (Phi) is 4.63. The number of rotatable bonds is 4. The number of carbonyl (C=O) groups excluding carboxylic acids is 1. The molecule has 0 unspecified atom stereocenters. The van der Waals surface area contributed by atoms with Crippen molar-refractivity contribution in [1.82, 2.24) is 5.43 Å². The highest BCUT2D eigenvalue weighted by atomic mass is 79.9. The highest BCUT2D eigenvalue weighted by molar-refractivity contribution is 9.10. The van der Waals surface area contributed by atoms with Crippen LogP contribution in [0.3, 0.4) is 0 Å². The van der Waals surface area contributed by atoms with Crippen molar-refractivity contribution in [1.29, 1.82) is 0 Å². The SMILES string of the molecule is NNC(=O)CCOc1c(F)cc(F)cc1Br. The van der Waals surface area contributed by atoms with E-state index in [0.717, 1.165) is 6.07 Å². The van der Waals surface area contributed by atoms with Crippen molar-refractivity contribution in [2.24, 2.45) is 5.84 Å². The predicted octanol–water partition coefficient (Wildman–Crippen LogP) is 1.49. The van der Waals surface area contributed by atoms with Crippen molar-refractivity contribution in [3.05, 3.63) is 28.2 Å². The molecule has 7 heteroatoms. The second-order valence-corrected chi connectivity index (χ2v) is 3.72. The van der Waals surface area contributed by atoms with Crippen LogP contribution in [-0.2, 0) is 4.79 Å². The third kappa shape index (κ3) is 3.42. The van der Waals surface area contributed by atoms with E-state index in [1.807, 2.05) is 5.43 Å². The number of hydrogen-bond acceptors (Lipinski definition) is 3. The lowest BCUT2D eigenvalue weighted by Gasteiger charge is -2.08. The summed E-state index contributed by atoms with van der Waals surface area (Å²) in [5, 5.41) is 0. The number of nitrogens with one attached hydrogen (secondary N) is 1. The molecule has 0 aliphatic heterocycles. The lowest BCUT2D eigenvalue weighted by molar-refractivity contribution is -0.121. The van der Waals surface area contributed by atoms with E-state index in [1.54, 1.807) is 0 Å². The van der Waals surface area contributed by atoms with Crippen LogP contribution >= 0.6 is 15.9 Å². The van der Waals surface area contributed by atoms with Gasteiger partial charge in [0.15, 0.2) is 11.6 Å². The molecule has 0 aliphatic carbocycles. The van der Waals surface area contributed by atoms with Crippen LogP contribution in [0.5, 0.6) is 5.75 Å². The molecule has 1 amide bonds. The van der Waals surface area contributed by atoms with Gasteiger partial charge in [-0.15, -0.1) is 0 Å². The molecule has 0 heterocycles. The topological polar surface area (TPSA) is 64.3 Å².